The van der Waals surface area contributed by atoms with Crippen molar-refractivity contribution in [1.29, 1.82) is 0 Å². The maximum absolute atomic E-state index is 13.6. The molecule has 0 aliphatic rings. The van der Waals surface area contributed by atoms with E-state index in [0.29, 0.717) is 9.70 Å². The van der Waals surface area contributed by atoms with Gasteiger partial charge in [-0.2, -0.15) is 18.3 Å². The van der Waals surface area contributed by atoms with Gasteiger partial charge in [-0.1, -0.05) is 17.7 Å². The predicted molar refractivity (Wildman–Crippen MR) is 89.6 cm³/mol. The molecule has 3 aromatic rings. The maximum atomic E-state index is 13.6. The predicted octanol–water partition coefficient (Wildman–Crippen LogP) is 4.50. The number of nitrogens with zero attached hydrogens (tertiary/aromatic N) is 2. The van der Waals surface area contributed by atoms with Gasteiger partial charge in [-0.3, -0.25) is 4.79 Å². The standard InChI is InChI=1S/C17H11ClF3N3O2/c18-10-4-6-12(7-5-10)24-15(17(19,20)21)14(9-22-24)16(26)23-11-2-1-3-13(25)8-11/h1-9,25H,(H,23,26). The van der Waals surface area contributed by atoms with E-state index in [1.165, 1.54) is 48.5 Å². The summed E-state index contributed by atoms with van der Waals surface area (Å²) in [7, 11) is 0. The Balaban J connectivity index is 2.02. The number of anilines is 1. The number of amides is 1. The molecule has 1 amide bonds. The van der Waals surface area contributed by atoms with Gasteiger partial charge in [0.05, 0.1) is 17.4 Å². The number of benzene rings is 2. The van der Waals surface area contributed by atoms with Crippen molar-refractivity contribution in [3.05, 3.63) is 71.0 Å². The zero-order valence-electron chi connectivity index (χ0n) is 13.0. The van der Waals surface area contributed by atoms with Crippen LogP contribution in [0.4, 0.5) is 18.9 Å². The molecular formula is C17H11ClF3N3O2. The summed E-state index contributed by atoms with van der Waals surface area (Å²) in [4.78, 5) is 12.3. The molecule has 2 N–H and O–H groups in total. The fourth-order valence-electron chi connectivity index (χ4n) is 2.35. The number of rotatable bonds is 3. The first-order valence-electron chi connectivity index (χ1n) is 7.27. The van der Waals surface area contributed by atoms with E-state index in [1.54, 1.807) is 0 Å². The van der Waals surface area contributed by atoms with E-state index in [1.807, 2.05) is 0 Å². The number of aromatic nitrogens is 2. The number of phenols is 1. The zero-order valence-corrected chi connectivity index (χ0v) is 13.7. The molecule has 0 aliphatic carbocycles. The molecule has 0 atom stereocenters. The Labute approximate surface area is 150 Å². The molecule has 0 spiro atoms. The van der Waals surface area contributed by atoms with Crippen molar-refractivity contribution < 1.29 is 23.1 Å². The largest absolute Gasteiger partial charge is 0.508 e. The molecule has 2 aromatic carbocycles. The molecule has 0 saturated carbocycles. The van der Waals surface area contributed by atoms with E-state index in [0.717, 1.165) is 6.20 Å². The van der Waals surface area contributed by atoms with Gasteiger partial charge in [0.2, 0.25) is 0 Å². The van der Waals surface area contributed by atoms with Crippen LogP contribution in [0.3, 0.4) is 0 Å². The quantitative estimate of drug-likeness (QED) is 0.701. The minimum absolute atomic E-state index is 0.109. The number of aromatic hydroxyl groups is 1. The second kappa shape index (κ2) is 6.72. The first-order chi connectivity index (χ1) is 12.3. The average molecular weight is 382 g/mol. The summed E-state index contributed by atoms with van der Waals surface area (Å²) in [5.41, 5.74) is -1.59. The molecule has 5 nitrogen and oxygen atoms in total. The second-order valence-corrected chi connectivity index (χ2v) is 5.73. The van der Waals surface area contributed by atoms with Crippen LogP contribution in [0.15, 0.2) is 54.7 Å². The lowest BCUT2D eigenvalue weighted by molar-refractivity contribution is -0.143. The molecule has 0 saturated heterocycles. The average Bonchev–Trinajstić information content (AvgIpc) is 3.01. The van der Waals surface area contributed by atoms with Gasteiger partial charge in [-0.15, -0.1) is 0 Å². The Morgan fingerprint density at radius 3 is 2.46 bits per heavy atom. The van der Waals surface area contributed by atoms with Crippen molar-refractivity contribution in [3.8, 4) is 11.4 Å². The highest BCUT2D eigenvalue weighted by Gasteiger charge is 2.40. The van der Waals surface area contributed by atoms with Crippen LogP contribution in [0.25, 0.3) is 5.69 Å². The van der Waals surface area contributed by atoms with E-state index < -0.39 is 23.3 Å². The van der Waals surface area contributed by atoms with Gasteiger partial charge in [0.25, 0.3) is 5.91 Å². The summed E-state index contributed by atoms with van der Waals surface area (Å²) < 4.78 is 41.3. The van der Waals surface area contributed by atoms with Crippen LogP contribution in [0.2, 0.25) is 5.02 Å². The van der Waals surface area contributed by atoms with E-state index in [9.17, 15) is 23.1 Å². The van der Waals surface area contributed by atoms with Gasteiger partial charge in [0, 0.05) is 16.8 Å². The Morgan fingerprint density at radius 1 is 1.15 bits per heavy atom. The minimum atomic E-state index is -4.82. The molecule has 0 fully saturated rings. The van der Waals surface area contributed by atoms with Crippen LogP contribution >= 0.6 is 11.6 Å². The van der Waals surface area contributed by atoms with Crippen molar-refractivity contribution >= 4 is 23.2 Å². The van der Waals surface area contributed by atoms with Gasteiger partial charge >= 0.3 is 6.18 Å². The van der Waals surface area contributed by atoms with Gasteiger partial charge in [-0.05, 0) is 36.4 Å². The Morgan fingerprint density at radius 2 is 1.85 bits per heavy atom. The van der Waals surface area contributed by atoms with Crippen molar-refractivity contribution in [1.82, 2.24) is 9.78 Å². The molecule has 26 heavy (non-hydrogen) atoms. The lowest BCUT2D eigenvalue weighted by Gasteiger charge is -2.13. The van der Waals surface area contributed by atoms with Crippen LogP contribution in [0.5, 0.6) is 5.75 Å². The zero-order chi connectivity index (χ0) is 18.9. The maximum Gasteiger partial charge on any atom is 0.434 e. The topological polar surface area (TPSA) is 67.2 Å². The number of nitrogens with one attached hydrogen (secondary N) is 1. The number of phenolic OH excluding ortho intramolecular Hbond substituents is 1. The van der Waals surface area contributed by atoms with E-state index in [4.69, 9.17) is 11.6 Å². The highest BCUT2D eigenvalue weighted by Crippen LogP contribution is 2.34. The normalized spacial score (nSPS) is 11.4. The summed E-state index contributed by atoms with van der Waals surface area (Å²) >= 11 is 5.75. The van der Waals surface area contributed by atoms with Gasteiger partial charge in [-0.25, -0.2) is 4.68 Å². The highest BCUT2D eigenvalue weighted by molar-refractivity contribution is 6.30. The third-order valence-corrected chi connectivity index (χ3v) is 3.71. The number of hydrogen-bond donors (Lipinski definition) is 2. The molecule has 0 aliphatic heterocycles. The van der Waals surface area contributed by atoms with Gasteiger partial charge < -0.3 is 10.4 Å². The number of hydrogen-bond acceptors (Lipinski definition) is 3. The lowest BCUT2D eigenvalue weighted by Crippen LogP contribution is -2.20. The Kier molecular flexibility index (Phi) is 4.60. The second-order valence-electron chi connectivity index (χ2n) is 5.30. The highest BCUT2D eigenvalue weighted by atomic mass is 35.5. The minimum Gasteiger partial charge on any atom is -0.508 e. The molecule has 9 heteroatoms. The molecular weight excluding hydrogens is 371 g/mol. The third-order valence-electron chi connectivity index (χ3n) is 3.46. The fraction of sp³-hybridized carbons (Fsp3) is 0.0588. The molecule has 1 heterocycles. The first-order valence-corrected chi connectivity index (χ1v) is 7.65. The summed E-state index contributed by atoms with van der Waals surface area (Å²) in [5.74, 6) is -1.13. The first kappa shape index (κ1) is 17.8. The number of alkyl halides is 3. The Hall–Kier alpha value is -3.00. The van der Waals surface area contributed by atoms with Crippen LogP contribution < -0.4 is 5.32 Å². The summed E-state index contributed by atoms with van der Waals surface area (Å²) in [6.45, 7) is 0. The molecule has 0 radical (unpaired) electrons. The summed E-state index contributed by atoms with van der Waals surface area (Å²) in [6, 6.07) is 11.0. The molecule has 134 valence electrons. The van der Waals surface area contributed by atoms with Gasteiger partial charge in [0.15, 0.2) is 5.69 Å². The van der Waals surface area contributed by atoms with Crippen molar-refractivity contribution in [2.45, 2.75) is 6.18 Å². The van der Waals surface area contributed by atoms with Crippen LogP contribution in [0, 0.1) is 0 Å². The van der Waals surface area contributed by atoms with Crippen LogP contribution in [0.1, 0.15) is 16.1 Å². The van der Waals surface area contributed by atoms with Gasteiger partial charge in [0.1, 0.15) is 5.75 Å². The van der Waals surface area contributed by atoms with Crippen molar-refractivity contribution in [3.63, 3.8) is 0 Å². The lowest BCUT2D eigenvalue weighted by atomic mass is 10.2. The van der Waals surface area contributed by atoms with E-state index in [2.05, 4.69) is 10.4 Å². The number of carbonyl (C=O) groups excluding carboxylic acids is 1. The van der Waals surface area contributed by atoms with E-state index >= 15 is 0 Å². The third kappa shape index (κ3) is 3.65. The smallest absolute Gasteiger partial charge is 0.434 e. The fourth-order valence-corrected chi connectivity index (χ4v) is 2.47. The van der Waals surface area contributed by atoms with Crippen LogP contribution in [-0.4, -0.2) is 20.8 Å². The monoisotopic (exact) mass is 381 g/mol. The molecule has 3 rings (SSSR count). The van der Waals surface area contributed by atoms with Crippen LogP contribution in [-0.2, 0) is 6.18 Å². The summed E-state index contributed by atoms with van der Waals surface area (Å²) in [6.07, 6.45) is -3.98. The molecule has 0 bridgehead atoms. The van der Waals surface area contributed by atoms with E-state index in [-0.39, 0.29) is 17.1 Å². The number of halogens is 4. The van der Waals surface area contributed by atoms with Crippen molar-refractivity contribution in [2.24, 2.45) is 0 Å². The summed E-state index contributed by atoms with van der Waals surface area (Å²) in [5, 5.41) is 15.8. The van der Waals surface area contributed by atoms with Crippen molar-refractivity contribution in [2.75, 3.05) is 5.32 Å². The molecule has 1 aromatic heterocycles. The molecule has 0 unspecified atom stereocenters. The number of carbonyl (C=O) groups is 1. The SMILES string of the molecule is O=C(Nc1cccc(O)c1)c1cnn(-c2ccc(Cl)cc2)c1C(F)(F)F. The Bertz CT molecular complexity index is 953.